The zero-order valence-corrected chi connectivity index (χ0v) is 15.7. The molecule has 0 unspecified atom stereocenters. The Morgan fingerprint density at radius 3 is 2.42 bits per heavy atom. The fourth-order valence-electron chi connectivity index (χ4n) is 2.83. The SMILES string of the molecule is COc1ccc(CN2CCCN(C(=O)[C@@H](N)C(C)C)CC2)cc1.Cl. The van der Waals surface area contributed by atoms with Gasteiger partial charge in [0.25, 0.3) is 0 Å². The van der Waals surface area contributed by atoms with E-state index in [9.17, 15) is 4.79 Å². The zero-order chi connectivity index (χ0) is 16.8. The molecular weight excluding hydrogens is 326 g/mol. The highest BCUT2D eigenvalue weighted by Crippen LogP contribution is 2.15. The summed E-state index contributed by atoms with van der Waals surface area (Å²) in [5.74, 6) is 1.15. The number of nitrogens with zero attached hydrogens (tertiary/aromatic N) is 2. The number of hydrogen-bond donors (Lipinski definition) is 1. The van der Waals surface area contributed by atoms with Crippen molar-refractivity contribution >= 4 is 18.3 Å². The van der Waals surface area contributed by atoms with Crippen LogP contribution < -0.4 is 10.5 Å². The van der Waals surface area contributed by atoms with Crippen LogP contribution in [-0.2, 0) is 11.3 Å². The average molecular weight is 356 g/mol. The lowest BCUT2D eigenvalue weighted by atomic mass is 10.0. The lowest BCUT2D eigenvalue weighted by Gasteiger charge is -2.26. The Bertz CT molecular complexity index is 507. The van der Waals surface area contributed by atoms with Crippen LogP contribution in [0.15, 0.2) is 24.3 Å². The van der Waals surface area contributed by atoms with Crippen LogP contribution in [0.4, 0.5) is 0 Å². The van der Waals surface area contributed by atoms with Gasteiger partial charge in [-0.15, -0.1) is 12.4 Å². The molecule has 6 heteroatoms. The minimum Gasteiger partial charge on any atom is -0.497 e. The number of benzene rings is 1. The Labute approximate surface area is 151 Å². The second kappa shape index (κ2) is 9.87. The number of amides is 1. The second-order valence-electron chi connectivity index (χ2n) is 6.57. The van der Waals surface area contributed by atoms with E-state index in [1.54, 1.807) is 7.11 Å². The molecule has 0 aromatic heterocycles. The van der Waals surface area contributed by atoms with Crippen molar-refractivity contribution in [3.8, 4) is 5.75 Å². The van der Waals surface area contributed by atoms with Gasteiger partial charge in [-0.2, -0.15) is 0 Å². The van der Waals surface area contributed by atoms with E-state index in [1.165, 1.54) is 5.56 Å². The third kappa shape index (κ3) is 5.65. The predicted octanol–water partition coefficient (Wildman–Crippen LogP) is 2.13. The fourth-order valence-corrected chi connectivity index (χ4v) is 2.83. The van der Waals surface area contributed by atoms with Gasteiger partial charge in [-0.25, -0.2) is 0 Å². The molecule has 1 aliphatic rings. The van der Waals surface area contributed by atoms with Crippen molar-refractivity contribution in [3.05, 3.63) is 29.8 Å². The minimum absolute atomic E-state index is 0. The number of halogens is 1. The summed E-state index contributed by atoms with van der Waals surface area (Å²) in [5.41, 5.74) is 7.28. The maximum atomic E-state index is 12.4. The number of rotatable bonds is 5. The lowest BCUT2D eigenvalue weighted by Crippen LogP contribution is -2.47. The van der Waals surface area contributed by atoms with Crippen LogP contribution in [0.2, 0.25) is 0 Å². The molecule has 1 heterocycles. The van der Waals surface area contributed by atoms with E-state index in [2.05, 4.69) is 17.0 Å². The molecule has 1 saturated heterocycles. The highest BCUT2D eigenvalue weighted by atomic mass is 35.5. The molecule has 0 radical (unpaired) electrons. The molecule has 1 aromatic carbocycles. The van der Waals surface area contributed by atoms with Gasteiger partial charge in [0.1, 0.15) is 5.75 Å². The molecule has 2 rings (SSSR count). The van der Waals surface area contributed by atoms with Gasteiger partial charge in [-0.3, -0.25) is 9.69 Å². The molecule has 0 bridgehead atoms. The number of methoxy groups -OCH3 is 1. The van der Waals surface area contributed by atoms with Crippen molar-refractivity contribution in [1.82, 2.24) is 9.80 Å². The Balaban J connectivity index is 0.00000288. The smallest absolute Gasteiger partial charge is 0.239 e. The summed E-state index contributed by atoms with van der Waals surface area (Å²) in [7, 11) is 1.68. The Morgan fingerprint density at radius 2 is 1.83 bits per heavy atom. The summed E-state index contributed by atoms with van der Waals surface area (Å²) in [6.45, 7) is 8.36. The quantitative estimate of drug-likeness (QED) is 0.879. The Kier molecular flexibility index (Phi) is 8.53. The Hall–Kier alpha value is -1.30. The standard InChI is InChI=1S/C18H29N3O2.ClH/c1-14(2)17(19)18(22)21-10-4-9-20(11-12-21)13-15-5-7-16(23-3)8-6-15;/h5-8,14,17H,4,9-13,19H2,1-3H3;1H/t17-;/m0./s1. The van der Waals surface area contributed by atoms with Crippen molar-refractivity contribution in [2.45, 2.75) is 32.9 Å². The van der Waals surface area contributed by atoms with E-state index in [0.717, 1.165) is 44.9 Å². The predicted molar refractivity (Wildman–Crippen MR) is 99.5 cm³/mol. The molecule has 0 aliphatic carbocycles. The third-order valence-corrected chi connectivity index (χ3v) is 4.47. The number of carbonyl (C=O) groups excluding carboxylic acids is 1. The molecule has 0 spiro atoms. The van der Waals surface area contributed by atoms with Crippen LogP contribution in [0.1, 0.15) is 25.8 Å². The summed E-state index contributed by atoms with van der Waals surface area (Å²) in [4.78, 5) is 16.7. The van der Waals surface area contributed by atoms with E-state index in [-0.39, 0.29) is 30.3 Å². The van der Waals surface area contributed by atoms with Crippen LogP contribution in [0.25, 0.3) is 0 Å². The largest absolute Gasteiger partial charge is 0.497 e. The monoisotopic (exact) mass is 355 g/mol. The summed E-state index contributed by atoms with van der Waals surface area (Å²) in [5, 5.41) is 0. The number of ether oxygens (including phenoxy) is 1. The van der Waals surface area contributed by atoms with Crippen molar-refractivity contribution in [1.29, 1.82) is 0 Å². The van der Waals surface area contributed by atoms with Crippen LogP contribution in [-0.4, -0.2) is 55.0 Å². The zero-order valence-electron chi connectivity index (χ0n) is 14.9. The lowest BCUT2D eigenvalue weighted by molar-refractivity contribution is -0.133. The van der Waals surface area contributed by atoms with Gasteiger partial charge in [0.15, 0.2) is 0 Å². The molecule has 1 aliphatic heterocycles. The first-order valence-electron chi connectivity index (χ1n) is 8.41. The van der Waals surface area contributed by atoms with Gasteiger partial charge < -0.3 is 15.4 Å². The maximum absolute atomic E-state index is 12.4. The van der Waals surface area contributed by atoms with Crippen molar-refractivity contribution in [2.24, 2.45) is 11.7 Å². The first kappa shape index (κ1) is 20.7. The van der Waals surface area contributed by atoms with Crippen molar-refractivity contribution in [2.75, 3.05) is 33.3 Å². The van der Waals surface area contributed by atoms with Crippen molar-refractivity contribution < 1.29 is 9.53 Å². The number of nitrogens with two attached hydrogens (primary N) is 1. The van der Waals surface area contributed by atoms with E-state index in [1.807, 2.05) is 30.9 Å². The molecule has 1 atom stereocenters. The number of carbonyl (C=O) groups is 1. The van der Waals surface area contributed by atoms with E-state index >= 15 is 0 Å². The fraction of sp³-hybridized carbons (Fsp3) is 0.611. The molecule has 1 amide bonds. The molecule has 24 heavy (non-hydrogen) atoms. The summed E-state index contributed by atoms with van der Waals surface area (Å²) in [6.07, 6.45) is 0.993. The molecule has 1 aromatic rings. The molecule has 1 fully saturated rings. The third-order valence-electron chi connectivity index (χ3n) is 4.47. The van der Waals surface area contributed by atoms with Crippen LogP contribution in [0.3, 0.4) is 0 Å². The van der Waals surface area contributed by atoms with Crippen LogP contribution >= 0.6 is 12.4 Å². The highest BCUT2D eigenvalue weighted by molar-refractivity contribution is 5.85. The van der Waals surface area contributed by atoms with E-state index < -0.39 is 0 Å². The maximum Gasteiger partial charge on any atom is 0.239 e. The topological polar surface area (TPSA) is 58.8 Å². The molecule has 0 saturated carbocycles. The molecule has 5 nitrogen and oxygen atoms in total. The molecule has 2 N–H and O–H groups in total. The summed E-state index contributed by atoms with van der Waals surface area (Å²) >= 11 is 0. The van der Waals surface area contributed by atoms with E-state index in [4.69, 9.17) is 10.5 Å². The van der Waals surface area contributed by atoms with Gasteiger partial charge in [-0.05, 0) is 30.0 Å². The van der Waals surface area contributed by atoms with Gasteiger partial charge >= 0.3 is 0 Å². The van der Waals surface area contributed by atoms with Crippen LogP contribution in [0, 0.1) is 5.92 Å². The first-order valence-corrected chi connectivity index (χ1v) is 8.41. The van der Waals surface area contributed by atoms with Gasteiger partial charge in [0.2, 0.25) is 5.91 Å². The number of hydrogen-bond acceptors (Lipinski definition) is 4. The molecule has 136 valence electrons. The normalized spacial score (nSPS) is 17.1. The summed E-state index contributed by atoms with van der Waals surface area (Å²) in [6, 6.07) is 7.79. The van der Waals surface area contributed by atoms with Gasteiger partial charge in [-0.1, -0.05) is 26.0 Å². The average Bonchev–Trinajstić information content (AvgIpc) is 2.79. The van der Waals surface area contributed by atoms with Gasteiger partial charge in [0.05, 0.1) is 13.2 Å². The van der Waals surface area contributed by atoms with Crippen molar-refractivity contribution in [3.63, 3.8) is 0 Å². The highest BCUT2D eigenvalue weighted by Gasteiger charge is 2.25. The van der Waals surface area contributed by atoms with Gasteiger partial charge in [0, 0.05) is 32.7 Å². The van der Waals surface area contributed by atoms with E-state index in [0.29, 0.717) is 0 Å². The molecular formula is C18H30ClN3O2. The minimum atomic E-state index is -0.386. The second-order valence-corrected chi connectivity index (χ2v) is 6.57. The Morgan fingerprint density at radius 1 is 1.17 bits per heavy atom. The summed E-state index contributed by atoms with van der Waals surface area (Å²) < 4.78 is 5.19. The van der Waals surface area contributed by atoms with Crippen LogP contribution in [0.5, 0.6) is 5.75 Å². The first-order chi connectivity index (χ1) is 11.0.